The predicted octanol–water partition coefficient (Wildman–Crippen LogP) is 3.08. The van der Waals surface area contributed by atoms with E-state index in [9.17, 15) is 4.79 Å². The predicted molar refractivity (Wildman–Crippen MR) is 57.2 cm³/mol. The van der Waals surface area contributed by atoms with Crippen molar-refractivity contribution in [3.05, 3.63) is 47.5 Å². The van der Waals surface area contributed by atoms with Crippen LogP contribution in [0.3, 0.4) is 0 Å². The highest BCUT2D eigenvalue weighted by molar-refractivity contribution is 5.83. The summed E-state index contributed by atoms with van der Waals surface area (Å²) in [6, 6.07) is 10.2. The van der Waals surface area contributed by atoms with Crippen LogP contribution in [0.25, 0.3) is 0 Å². The molecular formula is C13H14O. The Bertz CT molecular complexity index is 362. The summed E-state index contributed by atoms with van der Waals surface area (Å²) in [7, 11) is 0. The van der Waals surface area contributed by atoms with Gasteiger partial charge >= 0.3 is 0 Å². The summed E-state index contributed by atoms with van der Waals surface area (Å²) in [5, 5.41) is 0. The Morgan fingerprint density at radius 3 is 2.57 bits per heavy atom. The summed E-state index contributed by atoms with van der Waals surface area (Å²) in [4.78, 5) is 11.4. The number of rotatable bonds is 1. The molecule has 1 aliphatic rings. The van der Waals surface area contributed by atoms with Gasteiger partial charge < -0.3 is 0 Å². The average molecular weight is 186 g/mol. The smallest absolute Gasteiger partial charge is 0.137 e. The molecule has 1 aromatic carbocycles. The van der Waals surface area contributed by atoms with Gasteiger partial charge in [-0.3, -0.25) is 4.79 Å². The number of carbonyl (C=O) groups is 1. The zero-order valence-corrected chi connectivity index (χ0v) is 8.36. The average Bonchev–Trinajstić information content (AvgIpc) is 2.18. The normalized spacial score (nSPS) is 21.9. The summed E-state index contributed by atoms with van der Waals surface area (Å²) in [6.07, 6.45) is 3.53. The summed E-state index contributed by atoms with van der Waals surface area (Å²) >= 11 is 0. The van der Waals surface area contributed by atoms with E-state index in [0.29, 0.717) is 24.5 Å². The first-order valence-electron chi connectivity index (χ1n) is 4.99. The highest BCUT2D eigenvalue weighted by Gasteiger charge is 2.18. The number of ketones is 1. The minimum Gasteiger partial charge on any atom is -0.299 e. The van der Waals surface area contributed by atoms with Gasteiger partial charge in [0.25, 0.3) is 0 Å². The Labute approximate surface area is 84.5 Å². The maximum absolute atomic E-state index is 11.4. The maximum Gasteiger partial charge on any atom is 0.137 e. The Balaban J connectivity index is 2.28. The van der Waals surface area contributed by atoms with Crippen LogP contribution in [0.15, 0.2) is 42.0 Å². The lowest BCUT2D eigenvalue weighted by Crippen LogP contribution is -2.11. The third-order valence-electron chi connectivity index (χ3n) is 2.64. The third-order valence-corrected chi connectivity index (χ3v) is 2.64. The largest absolute Gasteiger partial charge is 0.299 e. The van der Waals surface area contributed by atoms with Crippen LogP contribution < -0.4 is 0 Å². The molecule has 1 nitrogen and oxygen atoms in total. The van der Waals surface area contributed by atoms with E-state index in [4.69, 9.17) is 0 Å². The molecule has 0 radical (unpaired) electrons. The van der Waals surface area contributed by atoms with Gasteiger partial charge in [-0.05, 0) is 12.5 Å². The number of hydrogen-bond donors (Lipinski definition) is 0. The van der Waals surface area contributed by atoms with E-state index in [-0.39, 0.29) is 0 Å². The molecule has 0 aliphatic heterocycles. The van der Waals surface area contributed by atoms with E-state index in [2.05, 4.69) is 18.2 Å². The quantitative estimate of drug-likeness (QED) is 0.616. The lowest BCUT2D eigenvalue weighted by molar-refractivity contribution is -0.118. The Kier molecular flexibility index (Phi) is 2.49. The van der Waals surface area contributed by atoms with Crippen LogP contribution in [-0.4, -0.2) is 5.78 Å². The van der Waals surface area contributed by atoms with Crippen molar-refractivity contribution in [2.45, 2.75) is 25.7 Å². The van der Waals surface area contributed by atoms with Gasteiger partial charge in [-0.2, -0.15) is 0 Å². The SMILES string of the molecule is CC1=CC(c2ccccc2)CC(=O)C1. The molecule has 1 atom stereocenters. The van der Waals surface area contributed by atoms with E-state index < -0.39 is 0 Å². The van der Waals surface area contributed by atoms with E-state index >= 15 is 0 Å². The standard InChI is InChI=1S/C13H14O/c1-10-7-12(9-13(14)8-10)11-5-3-2-4-6-11/h2-7,12H,8-9H2,1H3. The van der Waals surface area contributed by atoms with Gasteiger partial charge in [0, 0.05) is 18.8 Å². The number of hydrogen-bond acceptors (Lipinski definition) is 1. The molecule has 0 amide bonds. The van der Waals surface area contributed by atoms with E-state index in [1.807, 2.05) is 25.1 Å². The molecule has 72 valence electrons. The van der Waals surface area contributed by atoms with Crippen molar-refractivity contribution in [1.29, 1.82) is 0 Å². The molecule has 0 saturated carbocycles. The number of allylic oxidation sites excluding steroid dienone is 2. The number of benzene rings is 1. The zero-order valence-electron chi connectivity index (χ0n) is 8.36. The molecule has 1 unspecified atom stereocenters. The van der Waals surface area contributed by atoms with Gasteiger partial charge in [0.1, 0.15) is 5.78 Å². The molecule has 2 rings (SSSR count). The van der Waals surface area contributed by atoms with Crippen molar-refractivity contribution in [3.8, 4) is 0 Å². The minimum absolute atomic E-state index is 0.303. The molecule has 0 aromatic heterocycles. The highest BCUT2D eigenvalue weighted by Crippen LogP contribution is 2.28. The van der Waals surface area contributed by atoms with Crippen LogP contribution in [0.5, 0.6) is 0 Å². The molecule has 0 spiro atoms. The molecule has 1 heteroatoms. The van der Waals surface area contributed by atoms with Crippen LogP contribution in [-0.2, 0) is 4.79 Å². The summed E-state index contributed by atoms with van der Waals surface area (Å²) in [5.74, 6) is 0.663. The van der Waals surface area contributed by atoms with E-state index in [0.717, 1.165) is 0 Å². The molecule has 1 aliphatic carbocycles. The van der Waals surface area contributed by atoms with Crippen molar-refractivity contribution >= 4 is 5.78 Å². The van der Waals surface area contributed by atoms with E-state index in [1.165, 1.54) is 11.1 Å². The minimum atomic E-state index is 0.303. The highest BCUT2D eigenvalue weighted by atomic mass is 16.1. The first-order valence-corrected chi connectivity index (χ1v) is 4.99. The van der Waals surface area contributed by atoms with Crippen molar-refractivity contribution in [2.75, 3.05) is 0 Å². The zero-order chi connectivity index (χ0) is 9.97. The van der Waals surface area contributed by atoms with Gasteiger partial charge in [-0.1, -0.05) is 42.0 Å². The maximum atomic E-state index is 11.4. The molecule has 0 heterocycles. The lowest BCUT2D eigenvalue weighted by atomic mass is 9.85. The molecule has 0 N–H and O–H groups in total. The van der Waals surface area contributed by atoms with Crippen molar-refractivity contribution in [2.24, 2.45) is 0 Å². The molecule has 0 fully saturated rings. The van der Waals surface area contributed by atoms with Gasteiger partial charge in [0.15, 0.2) is 0 Å². The van der Waals surface area contributed by atoms with Crippen LogP contribution in [0, 0.1) is 0 Å². The van der Waals surface area contributed by atoms with Crippen LogP contribution in [0.4, 0.5) is 0 Å². The number of carbonyl (C=O) groups excluding carboxylic acids is 1. The fourth-order valence-corrected chi connectivity index (χ4v) is 2.00. The van der Waals surface area contributed by atoms with Gasteiger partial charge in [-0.15, -0.1) is 0 Å². The molecule has 14 heavy (non-hydrogen) atoms. The van der Waals surface area contributed by atoms with Gasteiger partial charge in [0.05, 0.1) is 0 Å². The first kappa shape index (κ1) is 9.20. The fraction of sp³-hybridized carbons (Fsp3) is 0.308. The second kappa shape index (κ2) is 3.79. The van der Waals surface area contributed by atoms with Crippen molar-refractivity contribution in [1.82, 2.24) is 0 Å². The summed E-state index contributed by atoms with van der Waals surface area (Å²) in [5.41, 5.74) is 2.45. The van der Waals surface area contributed by atoms with Crippen LogP contribution >= 0.6 is 0 Å². The Morgan fingerprint density at radius 2 is 1.93 bits per heavy atom. The Hall–Kier alpha value is -1.37. The third kappa shape index (κ3) is 1.92. The number of Topliss-reactive ketones (excluding diaryl/α,β-unsaturated/α-hetero) is 1. The summed E-state index contributed by atoms with van der Waals surface area (Å²) < 4.78 is 0. The molecule has 1 aromatic rings. The van der Waals surface area contributed by atoms with Crippen LogP contribution in [0.2, 0.25) is 0 Å². The van der Waals surface area contributed by atoms with E-state index in [1.54, 1.807) is 0 Å². The van der Waals surface area contributed by atoms with Gasteiger partial charge in [-0.25, -0.2) is 0 Å². The molecular weight excluding hydrogens is 172 g/mol. The first-order chi connectivity index (χ1) is 6.75. The topological polar surface area (TPSA) is 17.1 Å². The lowest BCUT2D eigenvalue weighted by Gasteiger charge is -2.18. The fourth-order valence-electron chi connectivity index (χ4n) is 2.00. The summed E-state index contributed by atoms with van der Waals surface area (Å²) in [6.45, 7) is 2.03. The molecule has 0 bridgehead atoms. The van der Waals surface area contributed by atoms with Crippen molar-refractivity contribution in [3.63, 3.8) is 0 Å². The Morgan fingerprint density at radius 1 is 1.21 bits per heavy atom. The van der Waals surface area contributed by atoms with Crippen molar-refractivity contribution < 1.29 is 4.79 Å². The van der Waals surface area contributed by atoms with Crippen LogP contribution in [0.1, 0.15) is 31.2 Å². The van der Waals surface area contributed by atoms with Gasteiger partial charge in [0.2, 0.25) is 0 Å². The second-order valence-electron chi connectivity index (χ2n) is 3.95. The molecule has 0 saturated heterocycles. The second-order valence-corrected chi connectivity index (χ2v) is 3.95. The monoisotopic (exact) mass is 186 g/mol.